The monoisotopic (exact) mass is 310 g/mol. The fourth-order valence-corrected chi connectivity index (χ4v) is 2.56. The van der Waals surface area contributed by atoms with Gasteiger partial charge in [-0.2, -0.15) is 0 Å². The van der Waals surface area contributed by atoms with Gasteiger partial charge in [-0.1, -0.05) is 30.7 Å². The molecule has 1 unspecified atom stereocenters. The zero-order valence-electron chi connectivity index (χ0n) is 11.0. The van der Waals surface area contributed by atoms with Gasteiger partial charge in [-0.15, -0.1) is 11.3 Å². The first kappa shape index (κ1) is 15.0. The van der Waals surface area contributed by atoms with Gasteiger partial charge in [0.15, 0.2) is 0 Å². The number of benzene rings is 1. The van der Waals surface area contributed by atoms with Crippen LogP contribution >= 0.6 is 22.9 Å². The summed E-state index contributed by atoms with van der Waals surface area (Å²) in [4.78, 5) is 16.6. The van der Waals surface area contributed by atoms with Crippen molar-refractivity contribution in [2.24, 2.45) is 0 Å². The maximum absolute atomic E-state index is 11.9. The van der Waals surface area contributed by atoms with Crippen molar-refractivity contribution >= 4 is 28.8 Å². The van der Waals surface area contributed by atoms with Crippen molar-refractivity contribution in [3.8, 4) is 0 Å². The Bertz CT molecular complexity index is 583. The smallest absolute Gasteiger partial charge is 0.263 e. The van der Waals surface area contributed by atoms with E-state index in [2.05, 4.69) is 10.3 Å². The van der Waals surface area contributed by atoms with Crippen LogP contribution < -0.4 is 5.32 Å². The second-order valence-corrected chi connectivity index (χ2v) is 5.80. The van der Waals surface area contributed by atoms with Crippen molar-refractivity contribution in [3.63, 3.8) is 0 Å². The van der Waals surface area contributed by atoms with Gasteiger partial charge in [0.1, 0.15) is 4.88 Å². The van der Waals surface area contributed by atoms with E-state index in [1.54, 1.807) is 30.5 Å². The van der Waals surface area contributed by atoms with Crippen LogP contribution in [0.4, 0.5) is 0 Å². The summed E-state index contributed by atoms with van der Waals surface area (Å²) < 4.78 is 0. The molecule has 4 nitrogen and oxygen atoms in total. The standard InChI is InChI=1S/C14H15ClN2O2S/c1-2-13-16-8-12(20-13)14(19)17-7-11(18)9-3-5-10(15)6-4-9/h3-6,8,11,18H,2,7H2,1H3,(H,17,19). The predicted molar refractivity (Wildman–Crippen MR) is 80.2 cm³/mol. The molecule has 1 atom stereocenters. The molecule has 0 radical (unpaired) electrons. The highest BCUT2D eigenvalue weighted by Crippen LogP contribution is 2.17. The lowest BCUT2D eigenvalue weighted by molar-refractivity contribution is 0.0920. The molecule has 106 valence electrons. The molecule has 6 heteroatoms. The third-order valence-electron chi connectivity index (χ3n) is 2.79. The number of aromatic nitrogens is 1. The lowest BCUT2D eigenvalue weighted by Gasteiger charge is -2.11. The number of carbonyl (C=O) groups excluding carboxylic acids is 1. The van der Waals surface area contributed by atoms with E-state index in [1.165, 1.54) is 11.3 Å². The molecular formula is C14H15ClN2O2S. The zero-order valence-corrected chi connectivity index (χ0v) is 12.5. The van der Waals surface area contributed by atoms with Crippen LogP contribution in [0, 0.1) is 0 Å². The molecule has 0 aliphatic rings. The first-order valence-electron chi connectivity index (χ1n) is 6.26. The Balaban J connectivity index is 1.91. The van der Waals surface area contributed by atoms with Gasteiger partial charge in [-0.05, 0) is 24.1 Å². The fraction of sp³-hybridized carbons (Fsp3) is 0.286. The molecule has 1 amide bonds. The van der Waals surface area contributed by atoms with Crippen LogP contribution in [0.5, 0.6) is 0 Å². The summed E-state index contributed by atoms with van der Waals surface area (Å²) in [6.07, 6.45) is 1.62. The molecule has 2 aromatic rings. The van der Waals surface area contributed by atoms with E-state index in [0.29, 0.717) is 15.5 Å². The number of aliphatic hydroxyl groups excluding tert-OH is 1. The molecule has 1 heterocycles. The van der Waals surface area contributed by atoms with Crippen molar-refractivity contribution in [2.45, 2.75) is 19.4 Å². The summed E-state index contributed by atoms with van der Waals surface area (Å²) in [5.74, 6) is -0.213. The number of aliphatic hydroxyl groups is 1. The number of amides is 1. The number of nitrogens with zero attached hydrogens (tertiary/aromatic N) is 1. The summed E-state index contributed by atoms with van der Waals surface area (Å²) in [7, 11) is 0. The van der Waals surface area contributed by atoms with Crippen molar-refractivity contribution in [1.82, 2.24) is 10.3 Å². The Morgan fingerprint density at radius 1 is 1.45 bits per heavy atom. The highest BCUT2D eigenvalue weighted by Gasteiger charge is 2.13. The van der Waals surface area contributed by atoms with Gasteiger partial charge in [0.2, 0.25) is 0 Å². The van der Waals surface area contributed by atoms with Gasteiger partial charge in [-0.25, -0.2) is 4.98 Å². The van der Waals surface area contributed by atoms with E-state index in [-0.39, 0.29) is 12.5 Å². The summed E-state index contributed by atoms with van der Waals surface area (Å²) >= 11 is 7.15. The summed E-state index contributed by atoms with van der Waals surface area (Å²) in [6.45, 7) is 2.14. The Morgan fingerprint density at radius 2 is 2.15 bits per heavy atom. The second kappa shape index (κ2) is 6.83. The number of aryl methyl sites for hydroxylation is 1. The summed E-state index contributed by atoms with van der Waals surface area (Å²) in [5, 5.41) is 14.2. The number of hydrogen-bond acceptors (Lipinski definition) is 4. The lowest BCUT2D eigenvalue weighted by atomic mass is 10.1. The topological polar surface area (TPSA) is 62.2 Å². The fourth-order valence-electron chi connectivity index (χ4n) is 1.66. The minimum atomic E-state index is -0.755. The minimum Gasteiger partial charge on any atom is -0.387 e. The lowest BCUT2D eigenvalue weighted by Crippen LogP contribution is -2.27. The molecule has 2 N–H and O–H groups in total. The van der Waals surface area contributed by atoms with Crippen molar-refractivity contribution in [3.05, 3.63) is 50.9 Å². The van der Waals surface area contributed by atoms with Crippen LogP contribution in [-0.2, 0) is 6.42 Å². The number of carbonyl (C=O) groups is 1. The van der Waals surface area contributed by atoms with Crippen LogP contribution in [0.3, 0.4) is 0 Å². The van der Waals surface area contributed by atoms with Crippen molar-refractivity contribution in [2.75, 3.05) is 6.54 Å². The van der Waals surface area contributed by atoms with Crippen LogP contribution in [0.25, 0.3) is 0 Å². The summed E-state index contributed by atoms with van der Waals surface area (Å²) in [5.41, 5.74) is 0.716. The quantitative estimate of drug-likeness (QED) is 0.892. The Kier molecular flexibility index (Phi) is 5.11. The molecule has 0 saturated heterocycles. The number of halogens is 1. The number of thiazole rings is 1. The molecule has 0 fully saturated rings. The Labute approximate surface area is 126 Å². The minimum absolute atomic E-state index is 0.153. The zero-order chi connectivity index (χ0) is 14.5. The first-order valence-corrected chi connectivity index (χ1v) is 7.46. The van der Waals surface area contributed by atoms with Gasteiger partial charge in [0, 0.05) is 11.6 Å². The van der Waals surface area contributed by atoms with Gasteiger partial charge >= 0.3 is 0 Å². The first-order chi connectivity index (χ1) is 9.60. The molecule has 0 aliphatic heterocycles. The predicted octanol–water partition coefficient (Wildman–Crippen LogP) is 2.82. The van der Waals surface area contributed by atoms with Gasteiger partial charge < -0.3 is 10.4 Å². The average Bonchev–Trinajstić information content (AvgIpc) is 2.94. The number of rotatable bonds is 5. The maximum Gasteiger partial charge on any atom is 0.263 e. The molecule has 0 bridgehead atoms. The van der Waals surface area contributed by atoms with Crippen LogP contribution in [0.15, 0.2) is 30.5 Å². The third kappa shape index (κ3) is 3.79. The average molecular weight is 311 g/mol. The van der Waals surface area contributed by atoms with E-state index in [4.69, 9.17) is 11.6 Å². The molecule has 1 aromatic carbocycles. The molecule has 20 heavy (non-hydrogen) atoms. The van der Waals surface area contributed by atoms with E-state index >= 15 is 0 Å². The maximum atomic E-state index is 11.9. The number of hydrogen-bond donors (Lipinski definition) is 2. The van der Waals surface area contributed by atoms with Crippen LogP contribution in [-0.4, -0.2) is 22.5 Å². The molecule has 1 aromatic heterocycles. The van der Waals surface area contributed by atoms with E-state index < -0.39 is 6.10 Å². The van der Waals surface area contributed by atoms with Crippen LogP contribution in [0.2, 0.25) is 5.02 Å². The van der Waals surface area contributed by atoms with Crippen molar-refractivity contribution in [1.29, 1.82) is 0 Å². The largest absolute Gasteiger partial charge is 0.387 e. The molecule has 0 saturated carbocycles. The highest BCUT2D eigenvalue weighted by molar-refractivity contribution is 7.13. The van der Waals surface area contributed by atoms with Crippen molar-refractivity contribution < 1.29 is 9.90 Å². The summed E-state index contributed by atoms with van der Waals surface area (Å²) in [6, 6.07) is 6.89. The van der Waals surface area contributed by atoms with E-state index in [1.807, 2.05) is 6.92 Å². The van der Waals surface area contributed by atoms with Gasteiger partial charge in [-0.3, -0.25) is 4.79 Å². The SMILES string of the molecule is CCc1ncc(C(=O)NCC(O)c2ccc(Cl)cc2)s1. The van der Waals surface area contributed by atoms with E-state index in [9.17, 15) is 9.90 Å². The Hall–Kier alpha value is -1.43. The number of nitrogens with one attached hydrogen (secondary N) is 1. The van der Waals surface area contributed by atoms with Crippen LogP contribution in [0.1, 0.15) is 33.3 Å². The third-order valence-corrected chi connectivity index (χ3v) is 4.18. The molecule has 0 spiro atoms. The second-order valence-electron chi connectivity index (χ2n) is 4.25. The highest BCUT2D eigenvalue weighted by atomic mass is 35.5. The molecule has 0 aliphatic carbocycles. The normalized spacial score (nSPS) is 12.2. The van der Waals surface area contributed by atoms with Gasteiger partial charge in [0.25, 0.3) is 5.91 Å². The molecular weight excluding hydrogens is 296 g/mol. The van der Waals surface area contributed by atoms with Gasteiger partial charge in [0.05, 0.1) is 17.3 Å². The Morgan fingerprint density at radius 3 is 2.75 bits per heavy atom. The van der Waals surface area contributed by atoms with E-state index in [0.717, 1.165) is 11.4 Å². The molecule has 2 rings (SSSR count).